The summed E-state index contributed by atoms with van der Waals surface area (Å²) in [5, 5.41) is 5.04. The van der Waals surface area contributed by atoms with E-state index in [1.165, 1.54) is 10.5 Å². The number of aryl methyl sites for hydroxylation is 2. The second-order valence-corrected chi connectivity index (χ2v) is 10.0. The Morgan fingerprint density at radius 3 is 2.42 bits per heavy atom. The van der Waals surface area contributed by atoms with Crippen molar-refractivity contribution in [1.29, 1.82) is 0 Å². The molecular weight excluding hydrogens is 440 g/mol. The van der Waals surface area contributed by atoms with Crippen molar-refractivity contribution in [2.45, 2.75) is 18.7 Å². The minimum atomic E-state index is -3.68. The van der Waals surface area contributed by atoms with Crippen LogP contribution in [-0.2, 0) is 10.0 Å². The predicted octanol–water partition coefficient (Wildman–Crippen LogP) is 2.51. The van der Waals surface area contributed by atoms with Gasteiger partial charge in [-0.15, -0.1) is 0 Å². The van der Waals surface area contributed by atoms with E-state index in [1.807, 2.05) is 36.7 Å². The zero-order valence-corrected chi connectivity index (χ0v) is 19.2. The number of sulfonamides is 1. The number of hydrogen-bond acceptors (Lipinski definition) is 5. The van der Waals surface area contributed by atoms with Gasteiger partial charge in [0.15, 0.2) is 0 Å². The van der Waals surface area contributed by atoms with Gasteiger partial charge in [-0.2, -0.15) is 9.40 Å². The van der Waals surface area contributed by atoms with Crippen LogP contribution in [0.1, 0.15) is 21.7 Å². The van der Waals surface area contributed by atoms with Crippen molar-refractivity contribution in [1.82, 2.24) is 29.0 Å². The molecule has 33 heavy (non-hydrogen) atoms. The minimum Gasteiger partial charge on any atom is -0.345 e. The van der Waals surface area contributed by atoms with E-state index < -0.39 is 10.0 Å². The van der Waals surface area contributed by atoms with Gasteiger partial charge >= 0.3 is 0 Å². The Morgan fingerprint density at radius 2 is 1.76 bits per heavy atom. The van der Waals surface area contributed by atoms with E-state index in [-0.39, 0.29) is 23.9 Å². The Bertz CT molecular complexity index is 1430. The molecule has 170 valence electrons. The molecule has 1 amide bonds. The fourth-order valence-electron chi connectivity index (χ4n) is 4.23. The molecule has 4 aromatic rings. The molecule has 1 fully saturated rings. The van der Waals surface area contributed by atoms with Crippen LogP contribution in [0.2, 0.25) is 0 Å². The molecule has 0 radical (unpaired) electrons. The Morgan fingerprint density at radius 1 is 1.03 bits per heavy atom. The number of H-pyrrole nitrogens is 1. The first-order chi connectivity index (χ1) is 15.8. The number of rotatable bonds is 4. The quantitative estimate of drug-likeness (QED) is 0.500. The van der Waals surface area contributed by atoms with E-state index in [0.29, 0.717) is 29.7 Å². The molecule has 3 aromatic heterocycles. The average Bonchev–Trinajstić information content (AvgIpc) is 3.42. The molecule has 1 aliphatic heterocycles. The van der Waals surface area contributed by atoms with Crippen LogP contribution in [0.4, 0.5) is 0 Å². The highest BCUT2D eigenvalue weighted by atomic mass is 32.2. The lowest BCUT2D eigenvalue weighted by Gasteiger charge is -2.34. The predicted molar refractivity (Wildman–Crippen MR) is 124 cm³/mol. The number of carbonyl (C=O) groups is 1. The van der Waals surface area contributed by atoms with Gasteiger partial charge in [-0.05, 0) is 56.3 Å². The van der Waals surface area contributed by atoms with Crippen molar-refractivity contribution in [2.24, 2.45) is 0 Å². The summed E-state index contributed by atoms with van der Waals surface area (Å²) >= 11 is 0. The van der Waals surface area contributed by atoms with E-state index in [2.05, 4.69) is 15.1 Å². The third-order valence-electron chi connectivity index (χ3n) is 5.93. The van der Waals surface area contributed by atoms with Gasteiger partial charge in [-0.25, -0.2) is 18.1 Å². The van der Waals surface area contributed by atoms with Gasteiger partial charge in [-0.3, -0.25) is 4.79 Å². The van der Waals surface area contributed by atoms with Gasteiger partial charge in [0.05, 0.1) is 11.4 Å². The van der Waals surface area contributed by atoms with Gasteiger partial charge in [0.1, 0.15) is 10.5 Å². The van der Waals surface area contributed by atoms with Crippen molar-refractivity contribution >= 4 is 27.0 Å². The lowest BCUT2D eigenvalue weighted by Crippen LogP contribution is -2.50. The molecule has 0 atom stereocenters. The Labute approximate surface area is 191 Å². The summed E-state index contributed by atoms with van der Waals surface area (Å²) in [7, 11) is -3.68. The first-order valence-electron chi connectivity index (χ1n) is 10.7. The summed E-state index contributed by atoms with van der Waals surface area (Å²) in [6, 6.07) is 12.8. The standard InChI is InChI=1S/C23H24N6O3S/c1-16-14-17(2)29(26-16)19-7-5-18(6-8-19)23(30)27-10-12-28(13-11-27)33(31,32)21-15-25-22-20(21)4-3-9-24-22/h3-9,14-15H,10-13H2,1-2H3,(H,24,25). The molecule has 0 unspecified atom stereocenters. The maximum absolute atomic E-state index is 13.2. The number of carbonyl (C=O) groups excluding carboxylic acids is 1. The summed E-state index contributed by atoms with van der Waals surface area (Å²) in [6.07, 6.45) is 3.10. The van der Waals surface area contributed by atoms with Crippen LogP contribution in [0, 0.1) is 13.8 Å². The SMILES string of the molecule is Cc1cc(C)n(-c2ccc(C(=O)N3CCN(S(=O)(=O)c4c[nH]c5ncccc45)CC3)cc2)n1. The third kappa shape index (κ3) is 3.81. The van der Waals surface area contributed by atoms with Crippen LogP contribution in [0.3, 0.4) is 0 Å². The number of nitrogens with zero attached hydrogens (tertiary/aromatic N) is 5. The van der Waals surface area contributed by atoms with Crippen LogP contribution in [0.15, 0.2) is 59.8 Å². The number of amides is 1. The maximum Gasteiger partial charge on any atom is 0.253 e. The van der Waals surface area contributed by atoms with Crippen molar-refractivity contribution < 1.29 is 13.2 Å². The largest absolute Gasteiger partial charge is 0.345 e. The van der Waals surface area contributed by atoms with E-state index in [0.717, 1.165) is 17.1 Å². The van der Waals surface area contributed by atoms with Crippen LogP contribution in [0.5, 0.6) is 0 Å². The minimum absolute atomic E-state index is 0.108. The highest BCUT2D eigenvalue weighted by Gasteiger charge is 2.32. The summed E-state index contributed by atoms with van der Waals surface area (Å²) in [5.74, 6) is -0.108. The van der Waals surface area contributed by atoms with Gasteiger partial charge in [0.25, 0.3) is 5.91 Å². The summed E-state index contributed by atoms with van der Waals surface area (Å²) in [4.78, 5) is 22.0. The van der Waals surface area contributed by atoms with E-state index in [9.17, 15) is 13.2 Å². The first kappa shape index (κ1) is 21.4. The van der Waals surface area contributed by atoms with Crippen molar-refractivity contribution in [3.63, 3.8) is 0 Å². The number of piperazine rings is 1. The van der Waals surface area contributed by atoms with Crippen LogP contribution >= 0.6 is 0 Å². The molecule has 4 heterocycles. The molecule has 1 N–H and O–H groups in total. The molecule has 5 rings (SSSR count). The first-order valence-corrected chi connectivity index (χ1v) is 12.1. The average molecular weight is 465 g/mol. The van der Waals surface area contributed by atoms with Crippen LogP contribution in [0.25, 0.3) is 16.7 Å². The topological polar surface area (TPSA) is 104 Å². The maximum atomic E-state index is 13.2. The van der Waals surface area contributed by atoms with Crippen molar-refractivity contribution in [2.75, 3.05) is 26.2 Å². The number of hydrogen-bond donors (Lipinski definition) is 1. The summed E-state index contributed by atoms with van der Waals surface area (Å²) < 4.78 is 29.6. The Hall–Kier alpha value is -3.50. The van der Waals surface area contributed by atoms with Crippen LogP contribution in [-0.4, -0.2) is 69.5 Å². The molecule has 1 aromatic carbocycles. The highest BCUT2D eigenvalue weighted by molar-refractivity contribution is 7.89. The van der Waals surface area contributed by atoms with Gasteiger partial charge < -0.3 is 9.88 Å². The van der Waals surface area contributed by atoms with E-state index in [4.69, 9.17) is 0 Å². The summed E-state index contributed by atoms with van der Waals surface area (Å²) in [5.41, 5.74) is 3.95. The monoisotopic (exact) mass is 464 g/mol. The van der Waals surface area contributed by atoms with E-state index >= 15 is 0 Å². The van der Waals surface area contributed by atoms with E-state index in [1.54, 1.807) is 35.4 Å². The number of nitrogens with one attached hydrogen (secondary N) is 1. The van der Waals surface area contributed by atoms with Gasteiger partial charge in [0.2, 0.25) is 10.0 Å². The molecule has 9 nitrogen and oxygen atoms in total. The molecule has 1 saturated heterocycles. The fraction of sp³-hybridized carbons (Fsp3) is 0.261. The third-order valence-corrected chi connectivity index (χ3v) is 7.86. The van der Waals surface area contributed by atoms with Crippen molar-refractivity contribution in [3.8, 4) is 5.69 Å². The van der Waals surface area contributed by atoms with Gasteiger partial charge in [-0.1, -0.05) is 0 Å². The Kier molecular flexibility index (Phi) is 5.26. The zero-order chi connectivity index (χ0) is 23.2. The number of pyridine rings is 1. The fourth-order valence-corrected chi connectivity index (χ4v) is 5.81. The smallest absolute Gasteiger partial charge is 0.253 e. The highest BCUT2D eigenvalue weighted by Crippen LogP contribution is 2.25. The Balaban J connectivity index is 1.28. The van der Waals surface area contributed by atoms with Gasteiger partial charge in [0, 0.05) is 55.2 Å². The normalized spacial score (nSPS) is 15.3. The zero-order valence-electron chi connectivity index (χ0n) is 18.4. The molecule has 1 aliphatic rings. The number of aromatic amines is 1. The molecular formula is C23H24N6O3S. The molecule has 0 saturated carbocycles. The second kappa shape index (κ2) is 8.13. The molecule has 0 bridgehead atoms. The van der Waals surface area contributed by atoms with Crippen molar-refractivity contribution in [3.05, 3.63) is 71.8 Å². The molecule has 10 heteroatoms. The number of fused-ring (bicyclic) bond motifs is 1. The summed E-state index contributed by atoms with van der Waals surface area (Å²) in [6.45, 7) is 5.07. The molecule has 0 aliphatic carbocycles. The lowest BCUT2D eigenvalue weighted by molar-refractivity contribution is 0.0698. The second-order valence-electron chi connectivity index (χ2n) is 8.13. The van der Waals surface area contributed by atoms with Crippen LogP contribution < -0.4 is 0 Å². The lowest BCUT2D eigenvalue weighted by atomic mass is 10.1. The number of benzene rings is 1. The molecule has 0 spiro atoms. The number of aromatic nitrogens is 4.